The first-order valence-electron chi connectivity index (χ1n) is 5.30. The molecule has 5 nitrogen and oxygen atoms in total. The molecule has 1 heterocycles. The summed E-state index contributed by atoms with van der Waals surface area (Å²) in [7, 11) is 2.83. The maximum absolute atomic E-state index is 11.7. The van der Waals surface area contributed by atoms with Crippen LogP contribution in [-0.2, 0) is 9.53 Å². The standard InChI is InChI=1S/C13H12N2O3/c1-17-10-3-4-11-9(7-10)5-6-13(8-14,15-11)12(16)18-2/h3-7,15H,1-2H3. The number of nitrogens with one attached hydrogen (secondary N) is 1. The Balaban J connectivity index is 2.42. The van der Waals surface area contributed by atoms with Crippen LogP contribution in [0.4, 0.5) is 5.69 Å². The van der Waals surface area contributed by atoms with Crippen molar-refractivity contribution in [3.8, 4) is 11.8 Å². The maximum atomic E-state index is 11.7. The molecule has 5 heteroatoms. The second kappa shape index (κ2) is 4.41. The average Bonchev–Trinajstić information content (AvgIpc) is 2.45. The zero-order chi connectivity index (χ0) is 13.2. The summed E-state index contributed by atoms with van der Waals surface area (Å²) in [6.07, 6.45) is 3.19. The third-order valence-electron chi connectivity index (χ3n) is 2.79. The van der Waals surface area contributed by atoms with E-state index in [9.17, 15) is 10.1 Å². The Kier molecular flexibility index (Phi) is 2.94. The van der Waals surface area contributed by atoms with Gasteiger partial charge < -0.3 is 14.8 Å². The maximum Gasteiger partial charge on any atom is 0.350 e. The Morgan fingerprint density at radius 2 is 2.22 bits per heavy atom. The SMILES string of the molecule is COC(=O)C1(C#N)C=Cc2cc(OC)ccc2N1. The lowest BCUT2D eigenvalue weighted by atomic mass is 9.94. The van der Waals surface area contributed by atoms with E-state index in [1.54, 1.807) is 25.3 Å². The first-order valence-corrected chi connectivity index (χ1v) is 5.30. The molecule has 92 valence electrons. The molecule has 0 aromatic heterocycles. The highest BCUT2D eigenvalue weighted by atomic mass is 16.5. The predicted octanol–water partition coefficient (Wildman–Crippen LogP) is 1.57. The van der Waals surface area contributed by atoms with Gasteiger partial charge in [0, 0.05) is 11.3 Å². The summed E-state index contributed by atoms with van der Waals surface area (Å²) in [6, 6.07) is 7.26. The molecular formula is C13H12N2O3. The van der Waals surface area contributed by atoms with Gasteiger partial charge in [0.05, 0.1) is 14.2 Å². The van der Waals surface area contributed by atoms with Gasteiger partial charge in [-0.25, -0.2) is 4.79 Å². The van der Waals surface area contributed by atoms with Crippen molar-refractivity contribution in [3.63, 3.8) is 0 Å². The van der Waals surface area contributed by atoms with Gasteiger partial charge in [-0.2, -0.15) is 5.26 Å². The van der Waals surface area contributed by atoms with Gasteiger partial charge in [-0.15, -0.1) is 0 Å². The van der Waals surface area contributed by atoms with Crippen LogP contribution in [0, 0.1) is 11.3 Å². The highest BCUT2D eigenvalue weighted by molar-refractivity contribution is 5.95. The number of methoxy groups -OCH3 is 2. The molecular weight excluding hydrogens is 232 g/mol. The van der Waals surface area contributed by atoms with Crippen molar-refractivity contribution in [2.45, 2.75) is 5.54 Å². The molecule has 1 aliphatic rings. The van der Waals surface area contributed by atoms with Gasteiger partial charge in [0.25, 0.3) is 0 Å². The number of fused-ring (bicyclic) bond motifs is 1. The quantitative estimate of drug-likeness (QED) is 0.799. The molecule has 0 saturated carbocycles. The summed E-state index contributed by atoms with van der Waals surface area (Å²) in [5.41, 5.74) is 0.0745. The summed E-state index contributed by atoms with van der Waals surface area (Å²) in [6.45, 7) is 0. The fourth-order valence-electron chi connectivity index (χ4n) is 1.78. The number of benzene rings is 1. The van der Waals surface area contributed by atoms with Crippen LogP contribution in [0.25, 0.3) is 6.08 Å². The number of carbonyl (C=O) groups is 1. The first-order chi connectivity index (χ1) is 8.65. The van der Waals surface area contributed by atoms with E-state index in [-0.39, 0.29) is 0 Å². The number of hydrogen-bond acceptors (Lipinski definition) is 5. The summed E-state index contributed by atoms with van der Waals surface area (Å²) in [5, 5.41) is 12.1. The summed E-state index contributed by atoms with van der Waals surface area (Å²) < 4.78 is 9.75. The van der Waals surface area contributed by atoms with Gasteiger partial charge in [-0.05, 0) is 24.3 Å². The van der Waals surface area contributed by atoms with Crippen LogP contribution in [0.2, 0.25) is 0 Å². The largest absolute Gasteiger partial charge is 0.497 e. The second-order valence-corrected chi connectivity index (χ2v) is 3.82. The average molecular weight is 244 g/mol. The molecule has 0 fully saturated rings. The topological polar surface area (TPSA) is 71.4 Å². The zero-order valence-corrected chi connectivity index (χ0v) is 10.1. The molecule has 2 rings (SSSR count). The Morgan fingerprint density at radius 1 is 1.44 bits per heavy atom. The van der Waals surface area contributed by atoms with Crippen LogP contribution < -0.4 is 10.1 Å². The highest BCUT2D eigenvalue weighted by Crippen LogP contribution is 2.31. The van der Waals surface area contributed by atoms with E-state index in [4.69, 9.17) is 4.74 Å². The lowest BCUT2D eigenvalue weighted by Crippen LogP contribution is -2.45. The number of esters is 1. The molecule has 18 heavy (non-hydrogen) atoms. The summed E-state index contributed by atoms with van der Waals surface area (Å²) in [4.78, 5) is 11.7. The van der Waals surface area contributed by atoms with E-state index >= 15 is 0 Å². The van der Waals surface area contributed by atoms with Crippen molar-refractivity contribution in [2.75, 3.05) is 19.5 Å². The minimum atomic E-state index is -1.46. The van der Waals surface area contributed by atoms with E-state index < -0.39 is 11.5 Å². The number of carbonyl (C=O) groups excluding carboxylic acids is 1. The van der Waals surface area contributed by atoms with Crippen molar-refractivity contribution in [1.29, 1.82) is 5.26 Å². The molecule has 1 aromatic rings. The third-order valence-corrected chi connectivity index (χ3v) is 2.79. The van der Waals surface area contributed by atoms with Crippen LogP contribution in [0.1, 0.15) is 5.56 Å². The van der Waals surface area contributed by atoms with E-state index in [0.29, 0.717) is 11.4 Å². The lowest BCUT2D eigenvalue weighted by Gasteiger charge is -2.27. The van der Waals surface area contributed by atoms with Crippen LogP contribution in [0.5, 0.6) is 5.75 Å². The molecule has 1 aliphatic heterocycles. The lowest BCUT2D eigenvalue weighted by molar-refractivity contribution is -0.142. The molecule has 0 saturated heterocycles. The number of nitrogens with zero attached hydrogens (tertiary/aromatic N) is 1. The molecule has 0 radical (unpaired) electrons. The Hall–Kier alpha value is -2.48. The van der Waals surface area contributed by atoms with Crippen molar-refractivity contribution in [2.24, 2.45) is 0 Å². The highest BCUT2D eigenvalue weighted by Gasteiger charge is 2.39. The van der Waals surface area contributed by atoms with Crippen LogP contribution in [0.3, 0.4) is 0 Å². The van der Waals surface area contributed by atoms with Gasteiger partial charge in [0.15, 0.2) is 0 Å². The molecule has 1 N–H and O–H groups in total. The van der Waals surface area contributed by atoms with Crippen LogP contribution in [-0.4, -0.2) is 25.7 Å². The zero-order valence-electron chi connectivity index (χ0n) is 10.1. The first kappa shape index (κ1) is 12.0. The Labute approximate surface area is 105 Å². The molecule has 1 unspecified atom stereocenters. The van der Waals surface area contributed by atoms with Gasteiger partial charge in [0.2, 0.25) is 5.54 Å². The minimum absolute atomic E-state index is 0.636. The Morgan fingerprint density at radius 3 is 2.83 bits per heavy atom. The monoisotopic (exact) mass is 244 g/mol. The van der Waals surface area contributed by atoms with Crippen molar-refractivity contribution < 1.29 is 14.3 Å². The van der Waals surface area contributed by atoms with Crippen LogP contribution >= 0.6 is 0 Å². The molecule has 0 spiro atoms. The van der Waals surface area contributed by atoms with E-state index in [1.165, 1.54) is 13.2 Å². The smallest absolute Gasteiger partial charge is 0.350 e. The normalized spacial score (nSPS) is 20.3. The molecule has 1 atom stereocenters. The number of hydrogen-bond donors (Lipinski definition) is 1. The fraction of sp³-hybridized carbons (Fsp3) is 0.231. The minimum Gasteiger partial charge on any atom is -0.497 e. The van der Waals surface area contributed by atoms with Crippen molar-refractivity contribution in [3.05, 3.63) is 29.8 Å². The predicted molar refractivity (Wildman–Crippen MR) is 66.0 cm³/mol. The number of anilines is 1. The van der Waals surface area contributed by atoms with E-state index in [0.717, 1.165) is 5.56 Å². The summed E-state index contributed by atoms with van der Waals surface area (Å²) >= 11 is 0. The summed E-state index contributed by atoms with van der Waals surface area (Å²) in [5.74, 6) is 0.0745. The molecule has 0 amide bonds. The van der Waals surface area contributed by atoms with Crippen molar-refractivity contribution in [1.82, 2.24) is 0 Å². The van der Waals surface area contributed by atoms with Gasteiger partial charge in [-0.1, -0.05) is 6.08 Å². The van der Waals surface area contributed by atoms with Gasteiger partial charge in [-0.3, -0.25) is 0 Å². The van der Waals surface area contributed by atoms with Crippen LogP contribution in [0.15, 0.2) is 24.3 Å². The number of ether oxygens (including phenoxy) is 2. The fourth-order valence-corrected chi connectivity index (χ4v) is 1.78. The van der Waals surface area contributed by atoms with Gasteiger partial charge in [0.1, 0.15) is 11.8 Å². The second-order valence-electron chi connectivity index (χ2n) is 3.82. The van der Waals surface area contributed by atoms with Gasteiger partial charge >= 0.3 is 5.97 Å². The number of rotatable bonds is 2. The molecule has 1 aromatic carbocycles. The van der Waals surface area contributed by atoms with E-state index in [1.807, 2.05) is 12.1 Å². The number of nitriles is 1. The third kappa shape index (κ3) is 1.78. The van der Waals surface area contributed by atoms with E-state index in [2.05, 4.69) is 10.1 Å². The molecule has 0 bridgehead atoms. The van der Waals surface area contributed by atoms with Crippen molar-refractivity contribution >= 4 is 17.7 Å². The Bertz CT molecular complexity index is 560. The molecule has 0 aliphatic carbocycles.